The molecule has 1 heterocycles. The number of hydrogen-bond acceptors (Lipinski definition) is 4. The molecule has 0 aromatic heterocycles. The predicted octanol–water partition coefficient (Wildman–Crippen LogP) is 2.80. The molecule has 0 unspecified atom stereocenters. The van der Waals surface area contributed by atoms with Gasteiger partial charge < -0.3 is 9.64 Å². The Hall–Kier alpha value is -2.59. The van der Waals surface area contributed by atoms with Crippen LogP contribution in [-0.4, -0.2) is 56.3 Å². The molecule has 6 nitrogen and oxygen atoms in total. The first-order valence-corrected chi connectivity index (χ1v) is 10.8. The van der Waals surface area contributed by atoms with Gasteiger partial charge in [0, 0.05) is 38.7 Å². The Kier molecular flexibility index (Phi) is 6.99. The van der Waals surface area contributed by atoms with Gasteiger partial charge in [0.25, 0.3) is 0 Å². The van der Waals surface area contributed by atoms with Crippen molar-refractivity contribution in [3.05, 3.63) is 59.9 Å². The molecule has 10 heteroatoms. The first-order chi connectivity index (χ1) is 14.3. The summed E-state index contributed by atoms with van der Waals surface area (Å²) in [5, 5.41) is 0. The molecular formula is C20H21F3N2O4S. The van der Waals surface area contributed by atoms with E-state index >= 15 is 0 Å². The normalized spacial score (nSPS) is 15.2. The van der Waals surface area contributed by atoms with Gasteiger partial charge in [0.2, 0.25) is 15.9 Å². The molecule has 1 fully saturated rings. The molecule has 0 radical (unpaired) electrons. The molecule has 162 valence electrons. The molecule has 2 aromatic rings. The maximum atomic E-state index is 13.9. The van der Waals surface area contributed by atoms with Crippen LogP contribution < -0.4 is 4.74 Å². The molecule has 2 aromatic carbocycles. The monoisotopic (exact) mass is 442 g/mol. The van der Waals surface area contributed by atoms with E-state index in [4.69, 9.17) is 4.74 Å². The molecule has 3 rings (SSSR count). The molecular weight excluding hydrogens is 421 g/mol. The van der Waals surface area contributed by atoms with E-state index in [1.807, 2.05) is 0 Å². The molecule has 30 heavy (non-hydrogen) atoms. The third-order valence-corrected chi connectivity index (χ3v) is 6.62. The third-order valence-electron chi connectivity index (χ3n) is 4.70. The fourth-order valence-corrected chi connectivity index (χ4v) is 4.62. The molecule has 0 atom stereocenters. The number of nitrogens with zero attached hydrogens (tertiary/aromatic N) is 2. The van der Waals surface area contributed by atoms with Crippen molar-refractivity contribution in [2.45, 2.75) is 17.7 Å². The number of rotatable bonds is 7. The molecule has 0 saturated carbocycles. The van der Waals surface area contributed by atoms with Crippen molar-refractivity contribution in [2.24, 2.45) is 0 Å². The first-order valence-electron chi connectivity index (χ1n) is 9.39. The van der Waals surface area contributed by atoms with Gasteiger partial charge in [0.15, 0.2) is 0 Å². The summed E-state index contributed by atoms with van der Waals surface area (Å²) in [5.74, 6) is -2.05. The topological polar surface area (TPSA) is 66.9 Å². The molecule has 1 aliphatic rings. The zero-order chi connectivity index (χ0) is 21.7. The van der Waals surface area contributed by atoms with Gasteiger partial charge in [0.05, 0.1) is 6.61 Å². The fourth-order valence-electron chi connectivity index (χ4n) is 3.12. The molecule has 0 spiro atoms. The fraction of sp³-hybridized carbons (Fsp3) is 0.350. The van der Waals surface area contributed by atoms with E-state index < -0.39 is 32.4 Å². The Morgan fingerprint density at radius 3 is 2.37 bits per heavy atom. The van der Waals surface area contributed by atoms with Gasteiger partial charge in [-0.25, -0.2) is 21.6 Å². The quantitative estimate of drug-likeness (QED) is 0.619. The van der Waals surface area contributed by atoms with E-state index in [9.17, 15) is 26.4 Å². The standard InChI is InChI=1S/C20H21F3N2O4S/c21-15-3-1-4-17(13-15)29-12-2-5-20(26)24-8-10-25(11-9-24)30(27,28)19-14-16(22)6-7-18(19)23/h1,3-4,6-7,13-14H,2,5,8-12H2. The van der Waals surface area contributed by atoms with Crippen LogP contribution in [-0.2, 0) is 14.8 Å². The Morgan fingerprint density at radius 2 is 1.67 bits per heavy atom. The Balaban J connectivity index is 1.47. The minimum atomic E-state index is -4.19. The second-order valence-electron chi connectivity index (χ2n) is 6.77. The summed E-state index contributed by atoms with van der Waals surface area (Å²) in [6, 6.07) is 7.98. The zero-order valence-electron chi connectivity index (χ0n) is 16.1. The van der Waals surface area contributed by atoms with Gasteiger partial charge >= 0.3 is 0 Å². The highest BCUT2D eigenvalue weighted by atomic mass is 32.2. The number of carbonyl (C=O) groups excluding carboxylic acids is 1. The van der Waals surface area contributed by atoms with Crippen LogP contribution in [0.25, 0.3) is 0 Å². The lowest BCUT2D eigenvalue weighted by molar-refractivity contribution is -0.132. The minimum Gasteiger partial charge on any atom is -0.493 e. The summed E-state index contributed by atoms with van der Waals surface area (Å²) in [6.45, 7) is 0.523. The van der Waals surface area contributed by atoms with Crippen LogP contribution in [0.5, 0.6) is 5.75 Å². The van der Waals surface area contributed by atoms with E-state index in [0.717, 1.165) is 16.4 Å². The SMILES string of the molecule is O=C(CCCOc1cccc(F)c1)N1CCN(S(=O)(=O)c2cc(F)ccc2F)CC1. The van der Waals surface area contributed by atoms with Gasteiger partial charge in [-0.15, -0.1) is 0 Å². The zero-order valence-corrected chi connectivity index (χ0v) is 16.9. The number of piperazine rings is 1. The van der Waals surface area contributed by atoms with Crippen molar-refractivity contribution >= 4 is 15.9 Å². The second-order valence-corrected chi connectivity index (χ2v) is 8.68. The number of hydrogen-bond donors (Lipinski definition) is 0. The van der Waals surface area contributed by atoms with Crippen LogP contribution >= 0.6 is 0 Å². The van der Waals surface area contributed by atoms with Gasteiger partial charge in [-0.3, -0.25) is 4.79 Å². The number of carbonyl (C=O) groups is 1. The summed E-state index contributed by atoms with van der Waals surface area (Å²) in [6.07, 6.45) is 0.614. The van der Waals surface area contributed by atoms with Crippen molar-refractivity contribution in [1.29, 1.82) is 0 Å². The lowest BCUT2D eigenvalue weighted by atomic mass is 10.2. The van der Waals surface area contributed by atoms with Gasteiger partial charge in [-0.05, 0) is 36.8 Å². The summed E-state index contributed by atoms with van der Waals surface area (Å²) in [7, 11) is -4.19. The lowest BCUT2D eigenvalue weighted by Gasteiger charge is -2.34. The van der Waals surface area contributed by atoms with Crippen LogP contribution in [0.15, 0.2) is 47.4 Å². The van der Waals surface area contributed by atoms with E-state index in [2.05, 4.69) is 0 Å². The highest BCUT2D eigenvalue weighted by Gasteiger charge is 2.32. The Bertz CT molecular complexity index is 1010. The Morgan fingerprint density at radius 1 is 0.967 bits per heavy atom. The number of amides is 1. The molecule has 1 saturated heterocycles. The van der Waals surface area contributed by atoms with E-state index in [-0.39, 0.29) is 45.1 Å². The highest BCUT2D eigenvalue weighted by Crippen LogP contribution is 2.22. The van der Waals surface area contributed by atoms with E-state index in [1.165, 1.54) is 23.1 Å². The maximum Gasteiger partial charge on any atom is 0.246 e. The first kappa shape index (κ1) is 22.1. The Labute approximate surface area is 172 Å². The average molecular weight is 442 g/mol. The molecule has 0 bridgehead atoms. The van der Waals surface area contributed by atoms with Crippen LogP contribution in [0.4, 0.5) is 13.2 Å². The highest BCUT2D eigenvalue weighted by molar-refractivity contribution is 7.89. The number of benzene rings is 2. The largest absolute Gasteiger partial charge is 0.493 e. The molecule has 1 amide bonds. The lowest BCUT2D eigenvalue weighted by Crippen LogP contribution is -2.50. The molecule has 1 aliphatic heterocycles. The van der Waals surface area contributed by atoms with E-state index in [1.54, 1.807) is 6.07 Å². The van der Waals surface area contributed by atoms with Crippen molar-refractivity contribution in [3.8, 4) is 5.75 Å². The van der Waals surface area contributed by atoms with Crippen LogP contribution in [0, 0.1) is 17.5 Å². The number of ether oxygens (including phenoxy) is 1. The molecule has 0 N–H and O–H groups in total. The van der Waals surface area contributed by atoms with Crippen LogP contribution in [0.1, 0.15) is 12.8 Å². The summed E-state index contributed by atoms with van der Waals surface area (Å²) >= 11 is 0. The number of halogens is 3. The second kappa shape index (κ2) is 9.48. The van der Waals surface area contributed by atoms with Gasteiger partial charge in [-0.2, -0.15) is 4.31 Å². The smallest absolute Gasteiger partial charge is 0.246 e. The average Bonchev–Trinajstić information content (AvgIpc) is 2.73. The minimum absolute atomic E-state index is 0.0101. The van der Waals surface area contributed by atoms with Gasteiger partial charge in [0.1, 0.15) is 28.1 Å². The summed E-state index contributed by atoms with van der Waals surface area (Å²) in [5.41, 5.74) is 0. The van der Waals surface area contributed by atoms with Crippen molar-refractivity contribution in [3.63, 3.8) is 0 Å². The van der Waals surface area contributed by atoms with E-state index in [0.29, 0.717) is 18.2 Å². The van der Waals surface area contributed by atoms with Crippen molar-refractivity contribution < 1.29 is 31.1 Å². The van der Waals surface area contributed by atoms with Crippen LogP contribution in [0.3, 0.4) is 0 Å². The molecule has 0 aliphatic carbocycles. The maximum absolute atomic E-state index is 13.9. The van der Waals surface area contributed by atoms with Crippen molar-refractivity contribution in [1.82, 2.24) is 9.21 Å². The number of sulfonamides is 1. The van der Waals surface area contributed by atoms with Crippen LogP contribution in [0.2, 0.25) is 0 Å². The summed E-state index contributed by atoms with van der Waals surface area (Å²) in [4.78, 5) is 13.1. The third kappa shape index (κ3) is 5.31. The van der Waals surface area contributed by atoms with Crippen molar-refractivity contribution in [2.75, 3.05) is 32.8 Å². The summed E-state index contributed by atoms with van der Waals surface area (Å²) < 4.78 is 71.9. The van der Waals surface area contributed by atoms with Gasteiger partial charge in [-0.1, -0.05) is 6.07 Å². The predicted molar refractivity (Wildman–Crippen MR) is 103 cm³/mol.